The molecule has 0 spiro atoms. The average molecular weight is 219 g/mol. The molecule has 0 amide bonds. The second-order valence-electron chi connectivity index (χ2n) is 1.85. The van der Waals surface area contributed by atoms with Crippen LogP contribution in [0.4, 0.5) is 0 Å². The molecule has 0 N–H and O–H groups in total. The first-order valence-electron chi connectivity index (χ1n) is 3.12. The maximum atomic E-state index is 2.75. The molecule has 0 nitrogen and oxygen atoms in total. The van der Waals surface area contributed by atoms with Crippen LogP contribution in [-0.2, 0) is 19.5 Å². The summed E-state index contributed by atoms with van der Waals surface area (Å²) < 4.78 is 0. The SMILES string of the molecule is CCCCCCP.[Ru]. The average Bonchev–Trinajstić information content (AvgIpc) is 1.69. The standard InChI is InChI=1S/C6H15P.Ru/c1-2-3-4-5-6-7;/h2-7H2,1H3;. The summed E-state index contributed by atoms with van der Waals surface area (Å²) >= 11 is 0. The Morgan fingerprint density at radius 2 is 1.75 bits per heavy atom. The fourth-order valence-corrected chi connectivity index (χ4v) is 0.860. The van der Waals surface area contributed by atoms with Gasteiger partial charge in [0.1, 0.15) is 0 Å². The minimum absolute atomic E-state index is 0. The van der Waals surface area contributed by atoms with Gasteiger partial charge in [0, 0.05) is 19.5 Å². The molecule has 1 unspecified atom stereocenters. The molecular formula is C6H15PRu. The first kappa shape index (κ1) is 11.8. The van der Waals surface area contributed by atoms with Crippen molar-refractivity contribution in [3.63, 3.8) is 0 Å². The molecule has 8 heavy (non-hydrogen) atoms. The zero-order chi connectivity index (χ0) is 5.54. The van der Waals surface area contributed by atoms with Gasteiger partial charge in [0.25, 0.3) is 0 Å². The van der Waals surface area contributed by atoms with Crippen LogP contribution in [0.2, 0.25) is 0 Å². The van der Waals surface area contributed by atoms with Crippen molar-refractivity contribution in [2.24, 2.45) is 0 Å². The molecule has 0 aliphatic carbocycles. The molecular weight excluding hydrogens is 204 g/mol. The van der Waals surface area contributed by atoms with E-state index in [0.29, 0.717) is 0 Å². The summed E-state index contributed by atoms with van der Waals surface area (Å²) in [5, 5.41) is 0. The van der Waals surface area contributed by atoms with E-state index in [1.54, 1.807) is 0 Å². The molecule has 0 aromatic carbocycles. The van der Waals surface area contributed by atoms with Crippen LogP contribution in [0.5, 0.6) is 0 Å². The van der Waals surface area contributed by atoms with E-state index in [-0.39, 0.29) is 19.5 Å². The van der Waals surface area contributed by atoms with Crippen molar-refractivity contribution in [1.29, 1.82) is 0 Å². The summed E-state index contributed by atoms with van der Waals surface area (Å²) in [6, 6.07) is 0. The molecule has 1 atom stereocenters. The zero-order valence-electron chi connectivity index (χ0n) is 5.47. The molecule has 0 aromatic heterocycles. The zero-order valence-corrected chi connectivity index (χ0v) is 8.36. The van der Waals surface area contributed by atoms with Crippen molar-refractivity contribution >= 4 is 9.24 Å². The molecule has 0 aromatic rings. The van der Waals surface area contributed by atoms with Crippen LogP contribution in [-0.4, -0.2) is 6.16 Å². The molecule has 0 aliphatic heterocycles. The van der Waals surface area contributed by atoms with Gasteiger partial charge in [-0.1, -0.05) is 26.2 Å². The third-order valence-electron chi connectivity index (χ3n) is 1.06. The maximum Gasteiger partial charge on any atom is 0 e. The van der Waals surface area contributed by atoms with Crippen molar-refractivity contribution in [3.8, 4) is 0 Å². The van der Waals surface area contributed by atoms with Gasteiger partial charge in [-0.25, -0.2) is 0 Å². The summed E-state index contributed by atoms with van der Waals surface area (Å²) in [5.74, 6) is 0. The van der Waals surface area contributed by atoms with E-state index in [1.165, 1.54) is 31.8 Å². The summed E-state index contributed by atoms with van der Waals surface area (Å²) in [5.41, 5.74) is 0. The quantitative estimate of drug-likeness (QED) is 0.387. The second-order valence-corrected chi connectivity index (χ2v) is 2.43. The Labute approximate surface area is 67.8 Å². The Balaban J connectivity index is 0. The third kappa shape index (κ3) is 10.1. The predicted octanol–water partition coefficient (Wildman–Crippen LogP) is 2.44. The predicted molar refractivity (Wildman–Crippen MR) is 38.7 cm³/mol. The van der Waals surface area contributed by atoms with Gasteiger partial charge < -0.3 is 0 Å². The third-order valence-corrected chi connectivity index (χ3v) is 1.47. The summed E-state index contributed by atoms with van der Waals surface area (Å²) in [7, 11) is 2.75. The number of hydrogen-bond donors (Lipinski definition) is 0. The first-order chi connectivity index (χ1) is 3.41. The van der Waals surface area contributed by atoms with Crippen molar-refractivity contribution in [2.75, 3.05) is 6.16 Å². The second kappa shape index (κ2) is 10.9. The van der Waals surface area contributed by atoms with Gasteiger partial charge in [-0.05, 0) is 12.6 Å². The largest absolute Gasteiger partial charge is 0.138 e. The molecule has 2 heteroatoms. The van der Waals surface area contributed by atoms with Crippen LogP contribution in [0, 0.1) is 0 Å². The van der Waals surface area contributed by atoms with E-state index in [2.05, 4.69) is 16.2 Å². The van der Waals surface area contributed by atoms with Crippen molar-refractivity contribution in [2.45, 2.75) is 32.6 Å². The van der Waals surface area contributed by atoms with Crippen molar-refractivity contribution in [3.05, 3.63) is 0 Å². The first-order valence-corrected chi connectivity index (χ1v) is 3.93. The van der Waals surface area contributed by atoms with Crippen LogP contribution >= 0.6 is 9.24 Å². The Hall–Kier alpha value is 1.05. The normalized spacial score (nSPS) is 8.25. The van der Waals surface area contributed by atoms with Gasteiger partial charge >= 0.3 is 0 Å². The molecule has 0 rings (SSSR count). The Morgan fingerprint density at radius 1 is 1.12 bits per heavy atom. The number of hydrogen-bond acceptors (Lipinski definition) is 0. The van der Waals surface area contributed by atoms with Crippen LogP contribution < -0.4 is 0 Å². The van der Waals surface area contributed by atoms with Gasteiger partial charge in [0.15, 0.2) is 0 Å². The molecule has 0 heterocycles. The molecule has 0 saturated carbocycles. The van der Waals surface area contributed by atoms with Gasteiger partial charge in [-0.3, -0.25) is 0 Å². The van der Waals surface area contributed by atoms with Gasteiger partial charge in [-0.2, -0.15) is 0 Å². The van der Waals surface area contributed by atoms with Crippen LogP contribution in [0.1, 0.15) is 32.6 Å². The molecule has 0 saturated heterocycles. The van der Waals surface area contributed by atoms with E-state index in [4.69, 9.17) is 0 Å². The van der Waals surface area contributed by atoms with E-state index < -0.39 is 0 Å². The minimum atomic E-state index is 0. The minimum Gasteiger partial charge on any atom is -0.138 e. The summed E-state index contributed by atoms with van der Waals surface area (Å²) in [6.45, 7) is 2.24. The fraction of sp³-hybridized carbons (Fsp3) is 1.00. The van der Waals surface area contributed by atoms with Crippen LogP contribution in [0.3, 0.4) is 0 Å². The topological polar surface area (TPSA) is 0 Å². The van der Waals surface area contributed by atoms with Crippen molar-refractivity contribution in [1.82, 2.24) is 0 Å². The smallest absolute Gasteiger partial charge is 0 e. The van der Waals surface area contributed by atoms with E-state index in [9.17, 15) is 0 Å². The summed E-state index contributed by atoms with van der Waals surface area (Å²) in [4.78, 5) is 0. The molecule has 0 radical (unpaired) electrons. The van der Waals surface area contributed by atoms with Crippen LogP contribution in [0.15, 0.2) is 0 Å². The van der Waals surface area contributed by atoms with Gasteiger partial charge in [0.2, 0.25) is 0 Å². The Kier molecular flexibility index (Phi) is 16.1. The fourth-order valence-electron chi connectivity index (χ4n) is 0.571. The monoisotopic (exact) mass is 220 g/mol. The number of rotatable bonds is 4. The summed E-state index contributed by atoms with van der Waals surface area (Å²) in [6.07, 6.45) is 6.84. The van der Waals surface area contributed by atoms with E-state index in [0.717, 1.165) is 0 Å². The van der Waals surface area contributed by atoms with E-state index >= 15 is 0 Å². The Morgan fingerprint density at radius 3 is 2.12 bits per heavy atom. The molecule has 52 valence electrons. The maximum absolute atomic E-state index is 2.75. The van der Waals surface area contributed by atoms with Crippen LogP contribution in [0.25, 0.3) is 0 Å². The molecule has 0 bridgehead atoms. The number of unbranched alkanes of at least 4 members (excludes halogenated alkanes) is 3. The van der Waals surface area contributed by atoms with Gasteiger partial charge in [-0.15, -0.1) is 9.24 Å². The van der Waals surface area contributed by atoms with Crippen molar-refractivity contribution < 1.29 is 19.5 Å². The van der Waals surface area contributed by atoms with E-state index in [1.807, 2.05) is 0 Å². The molecule has 0 aliphatic rings. The van der Waals surface area contributed by atoms with Gasteiger partial charge in [0.05, 0.1) is 0 Å². The Bertz CT molecular complexity index is 27.7. The molecule has 0 fully saturated rings.